The van der Waals surface area contributed by atoms with Gasteiger partial charge in [0.2, 0.25) is 5.91 Å². The van der Waals surface area contributed by atoms with Gasteiger partial charge in [0.05, 0.1) is 16.7 Å². The second kappa shape index (κ2) is 6.54. The quantitative estimate of drug-likeness (QED) is 0.819. The van der Waals surface area contributed by atoms with Crippen LogP contribution in [0.3, 0.4) is 0 Å². The Hall–Kier alpha value is -2.15. The standard InChI is InChI=1S/C16H19NO5S/c1-10-7-8-11(23(2,21)22)9-14(10)17-15(18)12-5-3-4-6-13(12)16(19)20/h3-4,7-9,12-13H,5-6H2,1-2H3,(H,17,18)(H,19,20)/t12-,13+/m1/s1. The minimum absolute atomic E-state index is 0.108. The van der Waals surface area contributed by atoms with Gasteiger partial charge in [-0.3, -0.25) is 9.59 Å². The summed E-state index contributed by atoms with van der Waals surface area (Å²) in [4.78, 5) is 23.8. The third kappa shape index (κ3) is 3.98. The number of rotatable bonds is 4. The van der Waals surface area contributed by atoms with E-state index >= 15 is 0 Å². The molecule has 1 aliphatic rings. The van der Waals surface area contributed by atoms with Gasteiger partial charge in [-0.1, -0.05) is 18.2 Å². The fourth-order valence-electron chi connectivity index (χ4n) is 2.57. The van der Waals surface area contributed by atoms with Crippen molar-refractivity contribution in [1.82, 2.24) is 0 Å². The minimum atomic E-state index is -3.38. The third-order valence-corrected chi connectivity index (χ3v) is 5.09. The molecule has 2 atom stereocenters. The number of aliphatic carboxylic acids is 1. The van der Waals surface area contributed by atoms with Crippen LogP contribution >= 0.6 is 0 Å². The monoisotopic (exact) mass is 337 g/mol. The Morgan fingerprint density at radius 3 is 2.35 bits per heavy atom. The zero-order chi connectivity index (χ0) is 17.2. The number of carboxylic acids is 1. The number of benzene rings is 1. The summed E-state index contributed by atoms with van der Waals surface area (Å²) in [6.45, 7) is 1.75. The van der Waals surface area contributed by atoms with Crippen LogP contribution in [0, 0.1) is 18.8 Å². The third-order valence-electron chi connectivity index (χ3n) is 3.98. The van der Waals surface area contributed by atoms with E-state index in [1.165, 1.54) is 12.1 Å². The molecule has 0 aromatic heterocycles. The van der Waals surface area contributed by atoms with Crippen molar-refractivity contribution < 1.29 is 23.1 Å². The van der Waals surface area contributed by atoms with Crippen molar-refractivity contribution in [3.63, 3.8) is 0 Å². The van der Waals surface area contributed by atoms with Gasteiger partial charge in [0.1, 0.15) is 0 Å². The highest BCUT2D eigenvalue weighted by molar-refractivity contribution is 7.90. The van der Waals surface area contributed by atoms with Gasteiger partial charge in [0.15, 0.2) is 9.84 Å². The van der Waals surface area contributed by atoms with Crippen LogP contribution in [-0.2, 0) is 19.4 Å². The highest BCUT2D eigenvalue weighted by Crippen LogP contribution is 2.28. The summed E-state index contributed by atoms with van der Waals surface area (Å²) in [5.41, 5.74) is 1.10. The smallest absolute Gasteiger partial charge is 0.307 e. The Balaban J connectivity index is 2.26. The van der Waals surface area contributed by atoms with Crippen molar-refractivity contribution in [1.29, 1.82) is 0 Å². The zero-order valence-corrected chi connectivity index (χ0v) is 13.8. The van der Waals surface area contributed by atoms with Crippen LogP contribution in [0.2, 0.25) is 0 Å². The number of carboxylic acid groups (broad SMARTS) is 1. The van der Waals surface area contributed by atoms with Crippen molar-refractivity contribution in [2.75, 3.05) is 11.6 Å². The van der Waals surface area contributed by atoms with Gasteiger partial charge in [-0.15, -0.1) is 0 Å². The first kappa shape index (κ1) is 17.2. The number of sulfone groups is 1. The maximum Gasteiger partial charge on any atom is 0.307 e. The molecule has 7 heteroatoms. The van der Waals surface area contributed by atoms with E-state index in [1.807, 2.05) is 0 Å². The molecule has 1 aliphatic carbocycles. The average molecular weight is 337 g/mol. The summed E-state index contributed by atoms with van der Waals surface area (Å²) in [5, 5.41) is 11.9. The van der Waals surface area contributed by atoms with E-state index in [0.29, 0.717) is 24.1 Å². The number of amides is 1. The van der Waals surface area contributed by atoms with Gasteiger partial charge in [0.25, 0.3) is 0 Å². The van der Waals surface area contributed by atoms with E-state index < -0.39 is 33.5 Å². The van der Waals surface area contributed by atoms with E-state index in [9.17, 15) is 23.1 Å². The van der Waals surface area contributed by atoms with Crippen molar-refractivity contribution in [2.24, 2.45) is 11.8 Å². The molecule has 0 aliphatic heterocycles. The van der Waals surface area contributed by atoms with Gasteiger partial charge in [-0.2, -0.15) is 0 Å². The molecule has 6 nitrogen and oxygen atoms in total. The molecule has 0 spiro atoms. The molecule has 1 aromatic carbocycles. The number of anilines is 1. The molecule has 2 N–H and O–H groups in total. The molecular formula is C16H19NO5S. The number of allylic oxidation sites excluding steroid dienone is 2. The predicted octanol–water partition coefficient (Wildman–Crippen LogP) is 2.00. The topological polar surface area (TPSA) is 101 Å². The summed E-state index contributed by atoms with van der Waals surface area (Å²) < 4.78 is 23.3. The van der Waals surface area contributed by atoms with Crippen molar-refractivity contribution in [2.45, 2.75) is 24.7 Å². The largest absolute Gasteiger partial charge is 0.481 e. The Morgan fingerprint density at radius 1 is 1.17 bits per heavy atom. The lowest BCUT2D eigenvalue weighted by Crippen LogP contribution is -2.34. The normalized spacial score (nSPS) is 21.0. The molecule has 0 saturated heterocycles. The molecule has 1 amide bonds. The lowest BCUT2D eigenvalue weighted by atomic mass is 9.82. The predicted molar refractivity (Wildman–Crippen MR) is 85.9 cm³/mol. The van der Waals surface area contributed by atoms with Crippen LogP contribution in [0.5, 0.6) is 0 Å². The minimum Gasteiger partial charge on any atom is -0.481 e. The first-order chi connectivity index (χ1) is 10.7. The number of hydrogen-bond donors (Lipinski definition) is 2. The summed E-state index contributed by atoms with van der Waals surface area (Å²) in [5.74, 6) is -2.84. The fraction of sp³-hybridized carbons (Fsp3) is 0.375. The highest BCUT2D eigenvalue weighted by Gasteiger charge is 2.34. The number of nitrogens with one attached hydrogen (secondary N) is 1. The van der Waals surface area contributed by atoms with Crippen molar-refractivity contribution >= 4 is 27.4 Å². The molecule has 1 aromatic rings. The Bertz CT molecular complexity index is 767. The SMILES string of the molecule is Cc1ccc(S(C)(=O)=O)cc1NC(=O)[C@@H]1CC=CC[C@@H]1C(=O)O. The Labute approximate surface area is 135 Å². The average Bonchev–Trinajstić information content (AvgIpc) is 2.48. The lowest BCUT2D eigenvalue weighted by Gasteiger charge is -2.24. The molecule has 0 fully saturated rings. The molecule has 0 radical (unpaired) electrons. The van der Waals surface area contributed by atoms with Gasteiger partial charge in [-0.05, 0) is 37.5 Å². The van der Waals surface area contributed by atoms with E-state index in [1.54, 1.807) is 25.1 Å². The number of aryl methyl sites for hydroxylation is 1. The molecule has 0 heterocycles. The van der Waals surface area contributed by atoms with Crippen molar-refractivity contribution in [3.05, 3.63) is 35.9 Å². The van der Waals surface area contributed by atoms with Crippen LogP contribution in [0.1, 0.15) is 18.4 Å². The first-order valence-electron chi connectivity index (χ1n) is 7.19. The summed E-state index contributed by atoms with van der Waals surface area (Å²) >= 11 is 0. The van der Waals surface area contributed by atoms with Crippen LogP contribution in [0.15, 0.2) is 35.2 Å². The molecular weight excluding hydrogens is 318 g/mol. The van der Waals surface area contributed by atoms with Gasteiger partial charge in [0, 0.05) is 11.9 Å². The summed E-state index contributed by atoms with van der Waals surface area (Å²) in [7, 11) is -3.38. The maximum atomic E-state index is 12.4. The first-order valence-corrected chi connectivity index (χ1v) is 9.08. The second-order valence-corrected chi connectivity index (χ2v) is 7.75. The zero-order valence-electron chi connectivity index (χ0n) is 12.9. The van der Waals surface area contributed by atoms with Crippen molar-refractivity contribution in [3.8, 4) is 0 Å². The van der Waals surface area contributed by atoms with E-state index in [-0.39, 0.29) is 4.90 Å². The van der Waals surface area contributed by atoms with E-state index in [4.69, 9.17) is 0 Å². The highest BCUT2D eigenvalue weighted by atomic mass is 32.2. The summed E-state index contributed by atoms with van der Waals surface area (Å²) in [6, 6.07) is 4.49. The van der Waals surface area contributed by atoms with E-state index in [0.717, 1.165) is 6.26 Å². The van der Waals surface area contributed by atoms with Gasteiger partial charge < -0.3 is 10.4 Å². The lowest BCUT2D eigenvalue weighted by molar-refractivity contribution is -0.146. The molecule has 2 rings (SSSR count). The fourth-order valence-corrected chi connectivity index (χ4v) is 3.22. The molecule has 23 heavy (non-hydrogen) atoms. The van der Waals surface area contributed by atoms with Crippen LogP contribution in [-0.4, -0.2) is 31.7 Å². The summed E-state index contributed by atoms with van der Waals surface area (Å²) in [6.07, 6.45) is 5.32. The second-order valence-electron chi connectivity index (χ2n) is 5.73. The van der Waals surface area contributed by atoms with Crippen LogP contribution in [0.4, 0.5) is 5.69 Å². The van der Waals surface area contributed by atoms with Gasteiger partial charge >= 0.3 is 5.97 Å². The number of carbonyl (C=O) groups is 2. The number of carbonyl (C=O) groups excluding carboxylic acids is 1. The molecule has 0 unspecified atom stereocenters. The molecule has 0 saturated carbocycles. The van der Waals surface area contributed by atoms with E-state index in [2.05, 4.69) is 5.32 Å². The molecule has 0 bridgehead atoms. The number of hydrogen-bond acceptors (Lipinski definition) is 4. The van der Waals surface area contributed by atoms with Crippen LogP contribution in [0.25, 0.3) is 0 Å². The van der Waals surface area contributed by atoms with Gasteiger partial charge in [-0.25, -0.2) is 8.42 Å². The van der Waals surface area contributed by atoms with Crippen LogP contribution < -0.4 is 5.32 Å². The maximum absolute atomic E-state index is 12.4. The Kier molecular flexibility index (Phi) is 4.89. The Morgan fingerprint density at radius 2 is 1.78 bits per heavy atom. The molecule has 124 valence electrons.